The van der Waals surface area contributed by atoms with Gasteiger partial charge in [0, 0.05) is 18.8 Å². The van der Waals surface area contributed by atoms with E-state index in [9.17, 15) is 0 Å². The summed E-state index contributed by atoms with van der Waals surface area (Å²) in [6.45, 7) is 5.66. The van der Waals surface area contributed by atoms with Crippen LogP contribution in [0, 0.1) is 0 Å². The van der Waals surface area contributed by atoms with E-state index in [0.29, 0.717) is 0 Å². The minimum Gasteiger partial charge on any atom is -0.491 e. The molecule has 0 aromatic heterocycles. The van der Waals surface area contributed by atoms with Crippen LogP contribution in [0.5, 0.6) is 5.75 Å². The summed E-state index contributed by atoms with van der Waals surface area (Å²) in [5, 5.41) is 7.40. The molecule has 0 unspecified atom stereocenters. The third-order valence-corrected chi connectivity index (χ3v) is 3.20. The molecule has 2 N–H and O–H groups in total. The predicted molar refractivity (Wildman–Crippen MR) is 90.6 cm³/mol. The Kier molecular flexibility index (Phi) is 5.76. The average Bonchev–Trinajstić information content (AvgIpc) is 2.46. The Bertz CT molecular complexity index is 555. The Morgan fingerprint density at radius 1 is 0.952 bits per heavy atom. The number of hydrogen-bond acceptors (Lipinski definition) is 3. The minimum atomic E-state index is 0.198. The molecule has 0 aliphatic rings. The Labute approximate surface area is 131 Å². The summed E-state index contributed by atoms with van der Waals surface area (Å²) in [6.07, 6.45) is 0.198. The summed E-state index contributed by atoms with van der Waals surface area (Å²) in [6, 6.07) is 15.7. The van der Waals surface area contributed by atoms with Gasteiger partial charge >= 0.3 is 0 Å². The Morgan fingerprint density at radius 2 is 1.62 bits per heavy atom. The molecule has 4 heteroatoms. The van der Waals surface area contributed by atoms with Gasteiger partial charge in [0.05, 0.1) is 16.8 Å². The fourth-order valence-corrected chi connectivity index (χ4v) is 2.13. The van der Waals surface area contributed by atoms with Crippen molar-refractivity contribution in [2.45, 2.75) is 20.0 Å². The van der Waals surface area contributed by atoms with Crippen LogP contribution in [0.4, 0.5) is 11.4 Å². The largest absolute Gasteiger partial charge is 0.491 e. The average molecular weight is 305 g/mol. The Hall–Kier alpha value is -1.87. The van der Waals surface area contributed by atoms with Crippen LogP contribution < -0.4 is 15.4 Å². The molecule has 2 aromatic carbocycles. The molecule has 0 amide bonds. The minimum absolute atomic E-state index is 0.198. The van der Waals surface area contributed by atoms with Crippen LogP contribution in [-0.2, 0) is 0 Å². The molecule has 0 aliphatic heterocycles. The fourth-order valence-electron chi connectivity index (χ4n) is 1.93. The molecule has 0 aliphatic carbocycles. The van der Waals surface area contributed by atoms with Crippen molar-refractivity contribution in [3.8, 4) is 5.75 Å². The molecule has 2 rings (SSSR count). The van der Waals surface area contributed by atoms with Crippen molar-refractivity contribution in [3.05, 3.63) is 53.6 Å². The zero-order chi connectivity index (χ0) is 15.1. The Morgan fingerprint density at radius 3 is 2.29 bits per heavy atom. The highest BCUT2D eigenvalue weighted by Crippen LogP contribution is 2.20. The molecule has 0 bridgehead atoms. The van der Waals surface area contributed by atoms with Gasteiger partial charge in [0.2, 0.25) is 0 Å². The van der Waals surface area contributed by atoms with Crippen LogP contribution in [-0.4, -0.2) is 19.2 Å². The summed E-state index contributed by atoms with van der Waals surface area (Å²) >= 11 is 6.08. The monoisotopic (exact) mass is 304 g/mol. The van der Waals surface area contributed by atoms with E-state index in [-0.39, 0.29) is 6.10 Å². The highest BCUT2D eigenvalue weighted by Gasteiger charge is 1.99. The van der Waals surface area contributed by atoms with Gasteiger partial charge in [0.1, 0.15) is 5.75 Å². The van der Waals surface area contributed by atoms with Gasteiger partial charge < -0.3 is 15.4 Å². The third kappa shape index (κ3) is 5.20. The topological polar surface area (TPSA) is 33.3 Å². The van der Waals surface area contributed by atoms with Gasteiger partial charge in [-0.2, -0.15) is 0 Å². The normalized spacial score (nSPS) is 10.5. The zero-order valence-electron chi connectivity index (χ0n) is 12.4. The highest BCUT2D eigenvalue weighted by molar-refractivity contribution is 6.33. The molecule has 0 fully saturated rings. The molecule has 112 valence electrons. The molecule has 21 heavy (non-hydrogen) atoms. The molecular formula is C17H21ClN2O. The van der Waals surface area contributed by atoms with Crippen LogP contribution in [0.3, 0.4) is 0 Å². The lowest BCUT2D eigenvalue weighted by Gasteiger charge is -2.12. The van der Waals surface area contributed by atoms with Crippen LogP contribution >= 0.6 is 11.6 Å². The van der Waals surface area contributed by atoms with Gasteiger partial charge in [-0.1, -0.05) is 23.7 Å². The van der Waals surface area contributed by atoms with E-state index in [0.717, 1.165) is 35.2 Å². The highest BCUT2D eigenvalue weighted by atomic mass is 35.5. The van der Waals surface area contributed by atoms with Crippen LogP contribution in [0.15, 0.2) is 48.5 Å². The van der Waals surface area contributed by atoms with Gasteiger partial charge in [0.15, 0.2) is 0 Å². The first-order chi connectivity index (χ1) is 10.1. The second-order valence-electron chi connectivity index (χ2n) is 5.02. The van der Waals surface area contributed by atoms with Gasteiger partial charge in [-0.05, 0) is 50.2 Å². The summed E-state index contributed by atoms with van der Waals surface area (Å²) < 4.78 is 5.61. The van der Waals surface area contributed by atoms with Crippen LogP contribution in [0.25, 0.3) is 0 Å². The van der Waals surface area contributed by atoms with E-state index in [2.05, 4.69) is 10.6 Å². The lowest BCUT2D eigenvalue weighted by molar-refractivity contribution is 0.242. The Balaban J connectivity index is 1.75. The molecule has 0 spiro atoms. The van der Waals surface area contributed by atoms with E-state index in [1.165, 1.54) is 0 Å². The molecule has 0 atom stereocenters. The fraction of sp³-hybridized carbons (Fsp3) is 0.294. The first kappa shape index (κ1) is 15.5. The molecule has 0 radical (unpaired) electrons. The predicted octanol–water partition coefficient (Wildman–Crippen LogP) is 4.65. The maximum absolute atomic E-state index is 6.08. The van der Waals surface area contributed by atoms with Crippen molar-refractivity contribution in [2.24, 2.45) is 0 Å². The molecule has 0 heterocycles. The van der Waals surface area contributed by atoms with Crippen molar-refractivity contribution >= 4 is 23.0 Å². The first-order valence-corrected chi connectivity index (χ1v) is 7.52. The summed E-state index contributed by atoms with van der Waals surface area (Å²) in [7, 11) is 0. The number of halogens is 1. The number of hydrogen-bond donors (Lipinski definition) is 2. The second-order valence-corrected chi connectivity index (χ2v) is 5.43. The van der Waals surface area contributed by atoms with Gasteiger partial charge in [-0.15, -0.1) is 0 Å². The lowest BCUT2D eigenvalue weighted by atomic mass is 10.3. The van der Waals surface area contributed by atoms with E-state index in [4.69, 9.17) is 16.3 Å². The maximum Gasteiger partial charge on any atom is 0.119 e. The number of benzene rings is 2. The zero-order valence-corrected chi connectivity index (χ0v) is 13.2. The molecule has 0 saturated heterocycles. The van der Waals surface area contributed by atoms with Crippen molar-refractivity contribution in [1.82, 2.24) is 0 Å². The second kappa shape index (κ2) is 7.79. The van der Waals surface area contributed by atoms with Crippen molar-refractivity contribution < 1.29 is 4.74 Å². The summed E-state index contributed by atoms with van der Waals surface area (Å²) in [5.41, 5.74) is 2.04. The van der Waals surface area contributed by atoms with E-state index in [1.54, 1.807) is 0 Å². The van der Waals surface area contributed by atoms with E-state index < -0.39 is 0 Å². The number of anilines is 2. The SMILES string of the molecule is CC(C)Oc1ccc(NCCNc2ccccc2Cl)cc1. The molecular weight excluding hydrogens is 284 g/mol. The van der Waals surface area contributed by atoms with E-state index in [1.807, 2.05) is 62.4 Å². The number of rotatable bonds is 7. The smallest absolute Gasteiger partial charge is 0.119 e. The lowest BCUT2D eigenvalue weighted by Crippen LogP contribution is -2.13. The van der Waals surface area contributed by atoms with Gasteiger partial charge in [-0.3, -0.25) is 0 Å². The molecule has 0 saturated carbocycles. The number of ether oxygens (including phenoxy) is 1. The number of para-hydroxylation sites is 1. The van der Waals surface area contributed by atoms with Crippen molar-refractivity contribution in [1.29, 1.82) is 0 Å². The van der Waals surface area contributed by atoms with Crippen molar-refractivity contribution in [2.75, 3.05) is 23.7 Å². The summed E-state index contributed by atoms with van der Waals surface area (Å²) in [4.78, 5) is 0. The van der Waals surface area contributed by atoms with Gasteiger partial charge in [0.25, 0.3) is 0 Å². The van der Waals surface area contributed by atoms with Crippen LogP contribution in [0.1, 0.15) is 13.8 Å². The van der Waals surface area contributed by atoms with Crippen molar-refractivity contribution in [3.63, 3.8) is 0 Å². The molecule has 3 nitrogen and oxygen atoms in total. The number of nitrogens with one attached hydrogen (secondary N) is 2. The first-order valence-electron chi connectivity index (χ1n) is 7.14. The maximum atomic E-state index is 6.08. The third-order valence-electron chi connectivity index (χ3n) is 2.87. The van der Waals surface area contributed by atoms with E-state index >= 15 is 0 Å². The summed E-state index contributed by atoms with van der Waals surface area (Å²) in [5.74, 6) is 0.893. The van der Waals surface area contributed by atoms with Gasteiger partial charge in [-0.25, -0.2) is 0 Å². The van der Waals surface area contributed by atoms with Crippen LogP contribution in [0.2, 0.25) is 5.02 Å². The molecule has 2 aromatic rings. The quantitative estimate of drug-likeness (QED) is 0.730. The standard InChI is InChI=1S/C17H21ClN2O/c1-13(2)21-15-9-7-14(8-10-15)19-11-12-20-17-6-4-3-5-16(17)18/h3-10,13,19-20H,11-12H2,1-2H3.